The first kappa shape index (κ1) is 12.5. The van der Waals surface area contributed by atoms with Crippen molar-refractivity contribution in [3.8, 4) is 17.0 Å². The lowest BCUT2D eigenvalue weighted by Gasteiger charge is -2.25. The van der Waals surface area contributed by atoms with Crippen molar-refractivity contribution in [1.29, 1.82) is 0 Å². The molecule has 5 heteroatoms. The van der Waals surface area contributed by atoms with Gasteiger partial charge in [-0.25, -0.2) is 0 Å². The summed E-state index contributed by atoms with van der Waals surface area (Å²) in [4.78, 5) is 0. The number of nitrogens with one attached hydrogen (secondary N) is 1. The van der Waals surface area contributed by atoms with Gasteiger partial charge >= 0.3 is 0 Å². The third kappa shape index (κ3) is 2.92. The third-order valence-electron chi connectivity index (χ3n) is 3.49. The molecule has 0 bridgehead atoms. The van der Waals surface area contributed by atoms with Gasteiger partial charge in [-0.2, -0.15) is 5.10 Å². The van der Waals surface area contributed by atoms with Crippen LogP contribution >= 0.6 is 15.9 Å². The summed E-state index contributed by atoms with van der Waals surface area (Å²) in [5.41, 5.74) is 7.54. The zero-order chi connectivity index (χ0) is 13.2. The highest BCUT2D eigenvalue weighted by molar-refractivity contribution is 9.10. The Morgan fingerprint density at radius 2 is 2.16 bits per heavy atom. The summed E-state index contributed by atoms with van der Waals surface area (Å²) in [6.45, 7) is 0.807. The van der Waals surface area contributed by atoms with Crippen molar-refractivity contribution < 1.29 is 4.74 Å². The minimum absolute atomic E-state index is 0.493. The summed E-state index contributed by atoms with van der Waals surface area (Å²) < 4.78 is 6.85. The fourth-order valence-electron chi connectivity index (χ4n) is 2.16. The van der Waals surface area contributed by atoms with E-state index in [1.54, 1.807) is 0 Å². The van der Waals surface area contributed by atoms with E-state index in [0.29, 0.717) is 5.82 Å². The maximum absolute atomic E-state index is 5.86. The second-order valence-electron chi connectivity index (χ2n) is 4.99. The van der Waals surface area contributed by atoms with Crippen molar-refractivity contribution in [3.05, 3.63) is 28.7 Å². The number of nitrogens with two attached hydrogens (primary N) is 1. The smallest absolute Gasteiger partial charge is 0.145 e. The van der Waals surface area contributed by atoms with Gasteiger partial charge < -0.3 is 10.5 Å². The van der Waals surface area contributed by atoms with Crippen molar-refractivity contribution in [3.63, 3.8) is 0 Å². The van der Waals surface area contributed by atoms with Crippen LogP contribution in [0.25, 0.3) is 11.3 Å². The summed E-state index contributed by atoms with van der Waals surface area (Å²) >= 11 is 3.51. The van der Waals surface area contributed by atoms with Crippen molar-refractivity contribution in [2.45, 2.75) is 19.3 Å². The van der Waals surface area contributed by atoms with Gasteiger partial charge in [-0.15, -0.1) is 0 Å². The number of H-pyrrole nitrogens is 1. The molecule has 0 unspecified atom stereocenters. The fraction of sp³-hybridized carbons (Fsp3) is 0.357. The van der Waals surface area contributed by atoms with E-state index < -0.39 is 0 Å². The molecule has 1 saturated carbocycles. The van der Waals surface area contributed by atoms with Crippen molar-refractivity contribution in [2.75, 3.05) is 12.3 Å². The number of anilines is 1. The number of ether oxygens (including phenoxy) is 1. The van der Waals surface area contributed by atoms with Crippen LogP contribution in [0.1, 0.15) is 19.3 Å². The van der Waals surface area contributed by atoms with Gasteiger partial charge in [0.25, 0.3) is 0 Å². The first-order valence-corrected chi connectivity index (χ1v) is 7.24. The third-order valence-corrected chi connectivity index (χ3v) is 3.95. The SMILES string of the molecule is Nc1cc(-c2cc(Br)cc(OCC3CCC3)c2)[nH]n1. The maximum Gasteiger partial charge on any atom is 0.145 e. The van der Waals surface area contributed by atoms with Gasteiger partial charge in [0.15, 0.2) is 0 Å². The molecule has 1 aromatic carbocycles. The Labute approximate surface area is 120 Å². The van der Waals surface area contributed by atoms with Crippen molar-refractivity contribution >= 4 is 21.7 Å². The first-order valence-electron chi connectivity index (χ1n) is 6.45. The molecule has 0 aliphatic heterocycles. The molecule has 0 amide bonds. The van der Waals surface area contributed by atoms with Crippen LogP contribution in [0.4, 0.5) is 5.82 Å². The lowest BCUT2D eigenvalue weighted by molar-refractivity contribution is 0.180. The highest BCUT2D eigenvalue weighted by Crippen LogP contribution is 2.31. The number of benzene rings is 1. The van der Waals surface area contributed by atoms with Crippen LogP contribution in [-0.4, -0.2) is 16.8 Å². The lowest BCUT2D eigenvalue weighted by atomic mass is 9.86. The predicted molar refractivity (Wildman–Crippen MR) is 79.0 cm³/mol. The van der Waals surface area contributed by atoms with E-state index in [2.05, 4.69) is 26.1 Å². The Hall–Kier alpha value is -1.49. The maximum atomic E-state index is 5.86. The minimum Gasteiger partial charge on any atom is -0.493 e. The highest BCUT2D eigenvalue weighted by atomic mass is 79.9. The number of nitrogens with zero attached hydrogens (tertiary/aromatic N) is 1. The van der Waals surface area contributed by atoms with E-state index in [0.717, 1.165) is 34.0 Å². The Bertz CT molecular complexity index is 578. The molecule has 2 aromatic rings. The minimum atomic E-state index is 0.493. The molecule has 0 spiro atoms. The Morgan fingerprint density at radius 1 is 1.32 bits per heavy atom. The van der Waals surface area contributed by atoms with Crippen LogP contribution in [0.5, 0.6) is 5.75 Å². The van der Waals surface area contributed by atoms with Gasteiger partial charge in [-0.05, 0) is 37.0 Å². The summed E-state index contributed by atoms with van der Waals surface area (Å²) in [5.74, 6) is 2.10. The Balaban J connectivity index is 1.78. The number of nitrogen functional groups attached to an aromatic ring is 1. The molecule has 1 aliphatic rings. The normalized spacial score (nSPS) is 15.2. The molecular formula is C14H16BrN3O. The zero-order valence-electron chi connectivity index (χ0n) is 10.5. The summed E-state index contributed by atoms with van der Waals surface area (Å²) in [6.07, 6.45) is 3.92. The second kappa shape index (κ2) is 5.25. The predicted octanol–water partition coefficient (Wildman–Crippen LogP) is 3.60. The van der Waals surface area contributed by atoms with E-state index in [1.807, 2.05) is 24.3 Å². The number of hydrogen-bond acceptors (Lipinski definition) is 3. The molecule has 100 valence electrons. The van der Waals surface area contributed by atoms with E-state index in [-0.39, 0.29) is 0 Å². The van der Waals surface area contributed by atoms with Gasteiger partial charge in [0.2, 0.25) is 0 Å². The van der Waals surface area contributed by atoms with Gasteiger partial charge in [0.1, 0.15) is 11.6 Å². The van der Waals surface area contributed by atoms with Crippen molar-refractivity contribution in [2.24, 2.45) is 5.92 Å². The van der Waals surface area contributed by atoms with Crippen molar-refractivity contribution in [1.82, 2.24) is 10.2 Å². The van der Waals surface area contributed by atoms with Crippen LogP contribution in [0.2, 0.25) is 0 Å². The van der Waals surface area contributed by atoms with E-state index in [1.165, 1.54) is 19.3 Å². The summed E-state index contributed by atoms with van der Waals surface area (Å²) in [6, 6.07) is 7.83. The largest absolute Gasteiger partial charge is 0.493 e. The average molecular weight is 322 g/mol. The second-order valence-corrected chi connectivity index (χ2v) is 5.91. The van der Waals surface area contributed by atoms with Gasteiger partial charge in [0.05, 0.1) is 12.3 Å². The number of halogens is 1. The van der Waals surface area contributed by atoms with Gasteiger partial charge in [-0.1, -0.05) is 22.4 Å². The summed E-state index contributed by atoms with van der Waals surface area (Å²) in [5, 5.41) is 6.86. The monoisotopic (exact) mass is 321 g/mol. The molecule has 1 heterocycles. The number of hydrogen-bond donors (Lipinski definition) is 2. The molecule has 19 heavy (non-hydrogen) atoms. The van der Waals surface area contributed by atoms with E-state index in [4.69, 9.17) is 10.5 Å². The van der Waals surface area contributed by atoms with Crippen LogP contribution in [0.3, 0.4) is 0 Å². The van der Waals surface area contributed by atoms with Gasteiger partial charge in [-0.3, -0.25) is 5.10 Å². The molecule has 1 aromatic heterocycles. The molecule has 4 nitrogen and oxygen atoms in total. The Morgan fingerprint density at radius 3 is 2.79 bits per heavy atom. The molecule has 0 radical (unpaired) electrons. The summed E-state index contributed by atoms with van der Waals surface area (Å²) in [7, 11) is 0. The molecule has 1 fully saturated rings. The topological polar surface area (TPSA) is 63.9 Å². The van der Waals surface area contributed by atoms with E-state index in [9.17, 15) is 0 Å². The van der Waals surface area contributed by atoms with E-state index >= 15 is 0 Å². The first-order chi connectivity index (χ1) is 9.20. The van der Waals surface area contributed by atoms with Gasteiger partial charge in [0, 0.05) is 16.1 Å². The Kier molecular flexibility index (Phi) is 3.46. The standard InChI is InChI=1S/C14H16BrN3O/c15-11-4-10(13-7-14(16)18-17-13)5-12(6-11)19-8-9-2-1-3-9/h4-7,9H,1-3,8H2,(H3,16,17,18). The average Bonchev–Trinajstić information content (AvgIpc) is 2.73. The molecular weight excluding hydrogens is 306 g/mol. The van der Waals surface area contributed by atoms with Crippen LogP contribution in [0.15, 0.2) is 28.7 Å². The molecule has 3 rings (SSSR count). The molecule has 0 atom stereocenters. The lowest BCUT2D eigenvalue weighted by Crippen LogP contribution is -2.19. The molecule has 3 N–H and O–H groups in total. The fourth-order valence-corrected chi connectivity index (χ4v) is 2.63. The van der Waals surface area contributed by atoms with Crippen LogP contribution in [0, 0.1) is 5.92 Å². The number of aromatic amines is 1. The molecule has 1 aliphatic carbocycles. The van der Waals surface area contributed by atoms with Crippen LogP contribution < -0.4 is 10.5 Å². The number of aromatic nitrogens is 2. The zero-order valence-corrected chi connectivity index (χ0v) is 12.1. The highest BCUT2D eigenvalue weighted by Gasteiger charge is 2.18. The quantitative estimate of drug-likeness (QED) is 0.904. The molecule has 0 saturated heterocycles. The number of rotatable bonds is 4. The van der Waals surface area contributed by atoms with Crippen LogP contribution in [-0.2, 0) is 0 Å².